The molecule has 0 saturated carbocycles. The van der Waals surface area contributed by atoms with Crippen LogP contribution in [0.25, 0.3) is 32.2 Å². The van der Waals surface area contributed by atoms with E-state index in [2.05, 4.69) is 26.8 Å². The summed E-state index contributed by atoms with van der Waals surface area (Å²) >= 11 is 0.721. The summed E-state index contributed by atoms with van der Waals surface area (Å²) in [5.41, 5.74) is 2.43. The molecule has 2 aliphatic rings. The molecule has 2 saturated heterocycles. The number of nitrogen functional groups attached to an aromatic ring is 1. The molecule has 9 nitrogen and oxygen atoms in total. The Kier molecular flexibility index (Phi) is 7.52. The van der Waals surface area contributed by atoms with Crippen molar-refractivity contribution in [3.8, 4) is 17.1 Å². The number of halogens is 6. The number of ether oxygens (including phenoxy) is 1. The van der Waals surface area contributed by atoms with Gasteiger partial charge in [0.05, 0.1) is 21.8 Å². The summed E-state index contributed by atoms with van der Waals surface area (Å²) in [6.45, 7) is 3.97. The van der Waals surface area contributed by atoms with Crippen LogP contribution >= 0.6 is 11.3 Å². The second-order valence-corrected chi connectivity index (χ2v) is 11.7. The fourth-order valence-corrected chi connectivity index (χ4v) is 6.27. The number of anilines is 2. The van der Waals surface area contributed by atoms with Gasteiger partial charge in [0.25, 0.3) is 0 Å². The quantitative estimate of drug-likeness (QED) is 0.215. The Bertz CT molecular complexity index is 1790. The molecule has 6 rings (SSSR count). The molecule has 4 heterocycles. The summed E-state index contributed by atoms with van der Waals surface area (Å²) in [4.78, 5) is 27.5. The van der Waals surface area contributed by atoms with E-state index in [-0.39, 0.29) is 82.7 Å². The van der Waals surface area contributed by atoms with E-state index in [9.17, 15) is 26.7 Å². The van der Waals surface area contributed by atoms with Crippen LogP contribution in [-0.4, -0.2) is 82.2 Å². The van der Waals surface area contributed by atoms with E-state index in [0.29, 0.717) is 6.07 Å². The van der Waals surface area contributed by atoms with Crippen LogP contribution < -0.4 is 15.8 Å². The van der Waals surface area contributed by atoms with Gasteiger partial charge >= 0.3 is 12.2 Å². The number of alkyl halides is 4. The minimum Gasteiger partial charge on any atom is -0.462 e. The first-order valence-electron chi connectivity index (χ1n) is 13.4. The van der Waals surface area contributed by atoms with Crippen molar-refractivity contribution in [3.63, 3.8) is 0 Å². The number of hydrogen-bond donors (Lipinski definition) is 2. The van der Waals surface area contributed by atoms with Gasteiger partial charge in [0.2, 0.25) is 5.91 Å². The number of hydrogen-bond acceptors (Lipinski definition) is 9. The Hall–Kier alpha value is -4.18. The third kappa shape index (κ3) is 5.36. The highest BCUT2D eigenvalue weighted by molar-refractivity contribution is 7.22. The number of fused-ring (bicyclic) bond motifs is 2. The second-order valence-electron chi connectivity index (χ2n) is 10.7. The van der Waals surface area contributed by atoms with E-state index in [1.807, 2.05) is 0 Å². The largest absolute Gasteiger partial charge is 0.462 e. The number of nitrogens with zero attached hydrogens (tertiary/aromatic N) is 5. The van der Waals surface area contributed by atoms with Gasteiger partial charge in [-0.25, -0.2) is 18.2 Å². The number of likely N-dealkylation sites (tertiary alicyclic amines) is 2. The number of carbonyl (C=O) groups is 1. The van der Waals surface area contributed by atoms with Gasteiger partial charge in [-0.1, -0.05) is 17.9 Å². The van der Waals surface area contributed by atoms with Gasteiger partial charge in [0.1, 0.15) is 29.9 Å². The molecule has 2 fully saturated rings. The first-order chi connectivity index (χ1) is 20.8. The van der Waals surface area contributed by atoms with Crippen molar-refractivity contribution < 1.29 is 35.9 Å². The molecular formula is C28H25F6N7O2S. The Morgan fingerprint density at radius 3 is 2.61 bits per heavy atom. The zero-order valence-electron chi connectivity index (χ0n) is 23.1. The predicted octanol–water partition coefficient (Wildman–Crippen LogP) is 5.02. The summed E-state index contributed by atoms with van der Waals surface area (Å²) in [6, 6.07) is 1.54. The molecule has 2 aromatic carbocycles. The highest BCUT2D eigenvalue weighted by Crippen LogP contribution is 2.45. The van der Waals surface area contributed by atoms with Gasteiger partial charge in [-0.05, 0) is 37.7 Å². The molecule has 0 unspecified atom stereocenters. The number of carbonyl (C=O) groups excluding carboxylic acids is 1. The number of thiazole rings is 1. The van der Waals surface area contributed by atoms with E-state index in [0.717, 1.165) is 29.5 Å². The average Bonchev–Trinajstić information content (AvgIpc) is 3.49. The Morgan fingerprint density at radius 1 is 1.20 bits per heavy atom. The number of nitrogens with one attached hydrogen (secondary N) is 1. The zero-order valence-corrected chi connectivity index (χ0v) is 23.9. The van der Waals surface area contributed by atoms with Crippen LogP contribution in [0, 0.1) is 11.6 Å². The van der Waals surface area contributed by atoms with E-state index in [1.54, 1.807) is 11.9 Å². The first kappa shape index (κ1) is 29.9. The number of benzene rings is 2. The van der Waals surface area contributed by atoms with Crippen LogP contribution in [0.3, 0.4) is 0 Å². The molecular weight excluding hydrogens is 612 g/mol. The highest BCUT2D eigenvalue weighted by atomic mass is 32.1. The molecule has 2 aliphatic heterocycles. The molecule has 16 heteroatoms. The van der Waals surface area contributed by atoms with Crippen molar-refractivity contribution in [2.24, 2.45) is 0 Å². The van der Waals surface area contributed by atoms with Crippen molar-refractivity contribution in [1.29, 1.82) is 0 Å². The molecule has 0 aliphatic carbocycles. The standard InChI is InChI=1S/C28H25F6N7O2S/c1-3-19(42)41-9-13(10-41)36-25-16-7-17(28(32,33)34)20(15-4-5-18(30)24-23(15)37-26(35)44-24)21(31)22(16)38-27(39-25)43-11-14-6-12(29)8-40(14)2/h3-5,7,12-14H,1,6,8-11H2,2H3,(H2,35,37)(H,36,38,39)/t12-,14+/m1/s1. The molecule has 232 valence electrons. The molecule has 2 atom stereocenters. The number of rotatable bonds is 7. The average molecular weight is 638 g/mol. The van der Waals surface area contributed by atoms with Crippen LogP contribution in [0.4, 0.5) is 37.3 Å². The topological polar surface area (TPSA) is 110 Å². The molecule has 1 amide bonds. The lowest BCUT2D eigenvalue weighted by atomic mass is 9.95. The number of nitrogens with two attached hydrogens (primary N) is 1. The zero-order chi connectivity index (χ0) is 31.5. The van der Waals surface area contributed by atoms with Gasteiger partial charge < -0.3 is 20.7 Å². The second kappa shape index (κ2) is 11.1. The molecule has 4 aromatic rings. The number of amides is 1. The predicted molar refractivity (Wildman–Crippen MR) is 153 cm³/mol. The Balaban J connectivity index is 1.50. The van der Waals surface area contributed by atoms with Crippen LogP contribution in [0.5, 0.6) is 6.01 Å². The fourth-order valence-electron chi connectivity index (χ4n) is 5.51. The normalized spacial score (nSPS) is 19.5. The van der Waals surface area contributed by atoms with Gasteiger partial charge in [-0.3, -0.25) is 9.69 Å². The SMILES string of the molecule is C=CC(=O)N1CC(Nc2nc(OC[C@@H]3C[C@@H](F)CN3C)nc3c(F)c(-c4ccc(F)c5sc(N)nc45)c(C(F)(F)F)cc23)C1. The minimum atomic E-state index is -5.06. The summed E-state index contributed by atoms with van der Waals surface area (Å²) in [5, 5.41) is 2.58. The van der Waals surface area contributed by atoms with Crippen molar-refractivity contribution >= 4 is 49.3 Å². The third-order valence-electron chi connectivity index (χ3n) is 7.75. The minimum absolute atomic E-state index is 0.0568. The maximum absolute atomic E-state index is 16.5. The Labute approximate surface area is 250 Å². The molecule has 0 radical (unpaired) electrons. The molecule has 2 aromatic heterocycles. The molecule has 44 heavy (non-hydrogen) atoms. The van der Waals surface area contributed by atoms with E-state index >= 15 is 4.39 Å². The lowest BCUT2D eigenvalue weighted by Crippen LogP contribution is -2.56. The van der Waals surface area contributed by atoms with Crippen molar-refractivity contribution in [2.75, 3.05) is 44.3 Å². The van der Waals surface area contributed by atoms with Crippen LogP contribution in [-0.2, 0) is 11.0 Å². The van der Waals surface area contributed by atoms with Crippen LogP contribution in [0.15, 0.2) is 30.9 Å². The number of aromatic nitrogens is 3. The van der Waals surface area contributed by atoms with E-state index in [4.69, 9.17) is 10.5 Å². The van der Waals surface area contributed by atoms with Gasteiger partial charge in [0, 0.05) is 42.2 Å². The summed E-state index contributed by atoms with van der Waals surface area (Å²) in [7, 11) is 1.72. The van der Waals surface area contributed by atoms with Crippen LogP contribution in [0.1, 0.15) is 12.0 Å². The molecule has 0 spiro atoms. The summed E-state index contributed by atoms with van der Waals surface area (Å²) < 4.78 is 94.2. The molecule has 3 N–H and O–H groups in total. The lowest BCUT2D eigenvalue weighted by molar-refractivity contribution is -0.137. The van der Waals surface area contributed by atoms with Crippen molar-refractivity contribution in [1.82, 2.24) is 24.8 Å². The maximum Gasteiger partial charge on any atom is 0.417 e. The lowest BCUT2D eigenvalue weighted by Gasteiger charge is -2.39. The first-order valence-corrected chi connectivity index (χ1v) is 14.3. The third-order valence-corrected chi connectivity index (χ3v) is 8.64. The monoisotopic (exact) mass is 637 g/mol. The van der Waals surface area contributed by atoms with E-state index in [1.165, 1.54) is 4.90 Å². The van der Waals surface area contributed by atoms with Crippen LogP contribution in [0.2, 0.25) is 0 Å². The fraction of sp³-hybridized carbons (Fsp3) is 0.357. The highest BCUT2D eigenvalue weighted by Gasteiger charge is 2.39. The summed E-state index contributed by atoms with van der Waals surface area (Å²) in [6.07, 6.45) is -4.79. The summed E-state index contributed by atoms with van der Waals surface area (Å²) in [5.74, 6) is -2.60. The van der Waals surface area contributed by atoms with E-state index < -0.39 is 46.7 Å². The Morgan fingerprint density at radius 2 is 1.95 bits per heavy atom. The smallest absolute Gasteiger partial charge is 0.417 e. The van der Waals surface area contributed by atoms with Crippen molar-refractivity contribution in [3.05, 3.63) is 48.1 Å². The van der Waals surface area contributed by atoms with Gasteiger partial charge in [-0.2, -0.15) is 23.1 Å². The maximum atomic E-state index is 16.5. The number of likely N-dealkylation sites (N-methyl/N-ethyl adjacent to an activating group) is 1. The van der Waals surface area contributed by atoms with Gasteiger partial charge in [0.15, 0.2) is 10.9 Å². The van der Waals surface area contributed by atoms with Crippen molar-refractivity contribution in [2.45, 2.75) is 30.9 Å². The van der Waals surface area contributed by atoms with Gasteiger partial charge in [-0.15, -0.1) is 0 Å². The molecule has 0 bridgehead atoms.